The Balaban J connectivity index is 3.50. The predicted octanol–water partition coefficient (Wildman–Crippen LogP) is 0.897. The lowest BCUT2D eigenvalue weighted by atomic mass is 10.3. The molecule has 0 aromatic heterocycles. The number of hydrogen-bond donors (Lipinski definition) is 1. The molecule has 0 fully saturated rings. The summed E-state index contributed by atoms with van der Waals surface area (Å²) in [6.07, 6.45) is 1.05. The highest BCUT2D eigenvalue weighted by molar-refractivity contribution is 7.85. The number of rotatable bonds is 7. The quantitative estimate of drug-likeness (QED) is 0.675. The third-order valence-corrected chi connectivity index (χ3v) is 3.46. The highest BCUT2D eigenvalue weighted by Crippen LogP contribution is 2.01. The van der Waals surface area contributed by atoms with Crippen molar-refractivity contribution in [3.05, 3.63) is 0 Å². The fourth-order valence-corrected chi connectivity index (χ4v) is 2.00. The van der Waals surface area contributed by atoms with E-state index in [1.54, 1.807) is 0 Å². The molecule has 4 heteroatoms. The maximum atomic E-state index is 11.5. The molecule has 0 bridgehead atoms. The number of hydrogen-bond acceptors (Lipinski definition) is 3. The van der Waals surface area contributed by atoms with E-state index in [0.717, 1.165) is 6.42 Å². The predicted molar refractivity (Wildman–Crippen MR) is 57.2 cm³/mol. The molecule has 0 amide bonds. The van der Waals surface area contributed by atoms with Crippen LogP contribution in [0.4, 0.5) is 0 Å². The van der Waals surface area contributed by atoms with E-state index in [-0.39, 0.29) is 11.4 Å². The van der Waals surface area contributed by atoms with Crippen LogP contribution in [-0.2, 0) is 15.5 Å². The van der Waals surface area contributed by atoms with Crippen molar-refractivity contribution in [1.82, 2.24) is 0 Å². The summed E-state index contributed by atoms with van der Waals surface area (Å²) in [6.45, 7) is 7.12. The van der Waals surface area contributed by atoms with Crippen LogP contribution in [0.1, 0.15) is 27.2 Å². The zero-order chi connectivity index (χ0) is 10.3. The Morgan fingerprint density at radius 2 is 2.00 bits per heavy atom. The zero-order valence-electron chi connectivity index (χ0n) is 8.79. The third-order valence-electron chi connectivity index (χ3n) is 1.76. The molecule has 0 heterocycles. The molecular formula is C9H21NO2S. The van der Waals surface area contributed by atoms with Gasteiger partial charge in [0.05, 0.1) is 12.7 Å². The normalized spacial score (nSPS) is 16.1. The van der Waals surface area contributed by atoms with Gasteiger partial charge in [-0.15, -0.1) is 0 Å². The summed E-state index contributed by atoms with van der Waals surface area (Å²) in [5.41, 5.74) is 5.38. The Kier molecular flexibility index (Phi) is 7.51. The molecule has 0 aliphatic heterocycles. The molecular weight excluding hydrogens is 186 g/mol. The van der Waals surface area contributed by atoms with E-state index in [2.05, 4.69) is 0 Å². The highest BCUT2D eigenvalue weighted by Gasteiger charge is 2.09. The fourth-order valence-electron chi connectivity index (χ4n) is 0.933. The summed E-state index contributed by atoms with van der Waals surface area (Å²) in [5.74, 6) is 0.624. The van der Waals surface area contributed by atoms with E-state index in [1.165, 1.54) is 0 Å². The third kappa shape index (κ3) is 7.16. The van der Waals surface area contributed by atoms with Gasteiger partial charge in [-0.05, 0) is 26.8 Å². The lowest BCUT2D eigenvalue weighted by molar-refractivity contribution is 0.0916. The lowest BCUT2D eigenvalue weighted by Gasteiger charge is -2.11. The molecule has 13 heavy (non-hydrogen) atoms. The van der Waals surface area contributed by atoms with E-state index < -0.39 is 10.8 Å². The van der Waals surface area contributed by atoms with E-state index in [1.807, 2.05) is 20.8 Å². The summed E-state index contributed by atoms with van der Waals surface area (Å²) in [6, 6.07) is 0. The molecule has 80 valence electrons. The van der Waals surface area contributed by atoms with Crippen LogP contribution in [0.25, 0.3) is 0 Å². The Morgan fingerprint density at radius 3 is 2.46 bits per heavy atom. The molecule has 0 aliphatic carbocycles. The van der Waals surface area contributed by atoms with Gasteiger partial charge in [0.25, 0.3) is 0 Å². The second kappa shape index (κ2) is 7.47. The van der Waals surface area contributed by atoms with Crippen LogP contribution in [-0.4, -0.2) is 34.5 Å². The summed E-state index contributed by atoms with van der Waals surface area (Å²) in [5, 5.41) is 0.195. The highest BCUT2D eigenvalue weighted by atomic mass is 32.2. The van der Waals surface area contributed by atoms with Crippen molar-refractivity contribution in [2.24, 2.45) is 5.73 Å². The van der Waals surface area contributed by atoms with Gasteiger partial charge in [0.2, 0.25) is 0 Å². The first-order chi connectivity index (χ1) is 6.07. The van der Waals surface area contributed by atoms with Crippen LogP contribution >= 0.6 is 0 Å². The van der Waals surface area contributed by atoms with Crippen LogP contribution in [0.15, 0.2) is 0 Å². The average Bonchev–Trinajstić information content (AvgIpc) is 2.04. The van der Waals surface area contributed by atoms with Crippen LogP contribution in [0, 0.1) is 0 Å². The van der Waals surface area contributed by atoms with E-state index in [9.17, 15) is 4.21 Å². The molecule has 0 rings (SSSR count). The number of nitrogens with two attached hydrogens (primary N) is 1. The minimum absolute atomic E-state index is 0.195. The van der Waals surface area contributed by atoms with Gasteiger partial charge in [-0.1, -0.05) is 6.92 Å². The molecule has 0 radical (unpaired) electrons. The van der Waals surface area contributed by atoms with Gasteiger partial charge in [-0.25, -0.2) is 0 Å². The monoisotopic (exact) mass is 207 g/mol. The summed E-state index contributed by atoms with van der Waals surface area (Å²) < 4.78 is 16.8. The van der Waals surface area contributed by atoms with Crippen LogP contribution in [0.2, 0.25) is 0 Å². The number of ether oxygens (including phenoxy) is 1. The summed E-state index contributed by atoms with van der Waals surface area (Å²) in [7, 11) is -0.786. The van der Waals surface area contributed by atoms with Gasteiger partial charge in [0.15, 0.2) is 0 Å². The van der Waals surface area contributed by atoms with Crippen LogP contribution in [0.5, 0.6) is 0 Å². The van der Waals surface area contributed by atoms with Gasteiger partial charge in [0, 0.05) is 21.8 Å². The first-order valence-electron chi connectivity index (χ1n) is 4.76. The van der Waals surface area contributed by atoms with Gasteiger partial charge in [0.1, 0.15) is 0 Å². The molecule has 0 aromatic rings. The maximum Gasteiger partial charge on any atom is 0.0585 e. The molecule has 0 aromatic carbocycles. The maximum absolute atomic E-state index is 11.5. The Morgan fingerprint density at radius 1 is 1.38 bits per heavy atom. The average molecular weight is 207 g/mol. The van der Waals surface area contributed by atoms with E-state index in [0.29, 0.717) is 18.9 Å². The first-order valence-corrected chi connectivity index (χ1v) is 6.15. The Labute approximate surface area is 83.5 Å². The van der Waals surface area contributed by atoms with Crippen molar-refractivity contribution in [2.75, 3.05) is 18.9 Å². The Hall–Kier alpha value is 0.0700. The molecule has 0 saturated carbocycles. The van der Waals surface area contributed by atoms with Gasteiger partial charge >= 0.3 is 0 Å². The fraction of sp³-hybridized carbons (Fsp3) is 1.00. The molecule has 2 N–H and O–H groups in total. The van der Waals surface area contributed by atoms with Gasteiger partial charge in [-0.2, -0.15) is 0 Å². The topological polar surface area (TPSA) is 52.3 Å². The molecule has 2 unspecified atom stereocenters. The molecule has 2 atom stereocenters. The van der Waals surface area contributed by atoms with Crippen LogP contribution < -0.4 is 5.73 Å². The van der Waals surface area contributed by atoms with Crippen molar-refractivity contribution in [3.8, 4) is 0 Å². The summed E-state index contributed by atoms with van der Waals surface area (Å²) in [4.78, 5) is 0. The van der Waals surface area contributed by atoms with Crippen molar-refractivity contribution in [2.45, 2.75) is 38.5 Å². The van der Waals surface area contributed by atoms with E-state index in [4.69, 9.17) is 10.5 Å². The van der Waals surface area contributed by atoms with Gasteiger partial charge in [-0.3, -0.25) is 4.21 Å². The van der Waals surface area contributed by atoms with E-state index >= 15 is 0 Å². The first kappa shape index (κ1) is 13.1. The Bertz CT molecular complexity index is 151. The van der Waals surface area contributed by atoms with Crippen molar-refractivity contribution < 1.29 is 8.95 Å². The van der Waals surface area contributed by atoms with Crippen molar-refractivity contribution in [1.29, 1.82) is 0 Å². The minimum Gasteiger partial charge on any atom is -0.378 e. The second-order valence-corrected chi connectivity index (χ2v) is 5.37. The SMILES string of the molecule is CC(C)OCCS(=O)C(C)CCN. The summed E-state index contributed by atoms with van der Waals surface area (Å²) >= 11 is 0. The largest absolute Gasteiger partial charge is 0.378 e. The molecule has 3 nitrogen and oxygen atoms in total. The molecule has 0 saturated heterocycles. The minimum atomic E-state index is -0.786. The zero-order valence-corrected chi connectivity index (χ0v) is 9.60. The molecule has 0 spiro atoms. The van der Waals surface area contributed by atoms with Crippen molar-refractivity contribution in [3.63, 3.8) is 0 Å². The van der Waals surface area contributed by atoms with Crippen molar-refractivity contribution >= 4 is 10.8 Å². The standard InChI is InChI=1S/C9H21NO2S/c1-8(2)12-6-7-13(11)9(3)4-5-10/h8-9H,4-7,10H2,1-3H3. The lowest BCUT2D eigenvalue weighted by Crippen LogP contribution is -2.21. The second-order valence-electron chi connectivity index (χ2n) is 3.39. The van der Waals surface area contributed by atoms with Crippen LogP contribution in [0.3, 0.4) is 0 Å². The smallest absolute Gasteiger partial charge is 0.0585 e. The molecule has 0 aliphatic rings. The van der Waals surface area contributed by atoms with Gasteiger partial charge < -0.3 is 10.5 Å².